The number of halogens is 1. The van der Waals surface area contributed by atoms with Crippen LogP contribution in [-0.4, -0.2) is 49.6 Å². The van der Waals surface area contributed by atoms with Crippen molar-refractivity contribution in [2.24, 2.45) is 0 Å². The molecule has 0 bridgehead atoms. The van der Waals surface area contributed by atoms with E-state index >= 15 is 0 Å². The minimum Gasteiger partial charge on any atom is -0.379 e. The van der Waals surface area contributed by atoms with Crippen molar-refractivity contribution in [3.8, 4) is 0 Å². The number of aliphatic hydroxyl groups excluding tert-OH is 1. The van der Waals surface area contributed by atoms with Crippen molar-refractivity contribution in [2.75, 3.05) is 19.8 Å². The lowest BCUT2D eigenvalue weighted by Gasteiger charge is -2.19. The lowest BCUT2D eigenvalue weighted by atomic mass is 10.1. The second-order valence-corrected chi connectivity index (χ2v) is 4.63. The number of aliphatic hydroxyl groups is 1. The molecule has 0 spiro atoms. The Morgan fingerprint density at radius 1 is 1.17 bits per heavy atom. The molecule has 18 heavy (non-hydrogen) atoms. The standard InChI is InChI=1S/C13H25FO4/c1-3-5-7-16-9-10-12(17-8-6-4-2)11(14)13(15)18-10/h10-13,15H,3-9H2,1-2H3/t10-,11+,12?,13-/m1/s1. The largest absolute Gasteiger partial charge is 0.379 e. The Balaban J connectivity index is 2.32. The van der Waals surface area contributed by atoms with Crippen molar-refractivity contribution in [3.05, 3.63) is 0 Å². The molecule has 1 aliphatic heterocycles. The summed E-state index contributed by atoms with van der Waals surface area (Å²) >= 11 is 0. The maximum absolute atomic E-state index is 13.7. The van der Waals surface area contributed by atoms with Gasteiger partial charge in [-0.25, -0.2) is 4.39 Å². The van der Waals surface area contributed by atoms with Crippen LogP contribution in [-0.2, 0) is 14.2 Å². The van der Waals surface area contributed by atoms with E-state index in [9.17, 15) is 9.50 Å². The van der Waals surface area contributed by atoms with Crippen LogP contribution in [0.25, 0.3) is 0 Å². The molecule has 0 aliphatic carbocycles. The third-order valence-corrected chi connectivity index (χ3v) is 3.00. The lowest BCUT2D eigenvalue weighted by molar-refractivity contribution is -0.127. The van der Waals surface area contributed by atoms with Crippen LogP contribution in [0.3, 0.4) is 0 Å². The second-order valence-electron chi connectivity index (χ2n) is 4.63. The summed E-state index contributed by atoms with van der Waals surface area (Å²) in [6.45, 7) is 5.51. The van der Waals surface area contributed by atoms with E-state index in [2.05, 4.69) is 6.92 Å². The molecule has 1 fully saturated rings. The van der Waals surface area contributed by atoms with E-state index in [1.807, 2.05) is 6.92 Å². The first-order chi connectivity index (χ1) is 8.70. The molecule has 1 aliphatic rings. The third kappa shape index (κ3) is 4.80. The zero-order valence-corrected chi connectivity index (χ0v) is 11.3. The highest BCUT2D eigenvalue weighted by Crippen LogP contribution is 2.25. The predicted octanol–water partition coefficient (Wildman–Crippen LogP) is 2.04. The van der Waals surface area contributed by atoms with Gasteiger partial charge in [0.1, 0.15) is 12.2 Å². The monoisotopic (exact) mass is 264 g/mol. The summed E-state index contributed by atoms with van der Waals surface area (Å²) in [5.41, 5.74) is 0. The van der Waals surface area contributed by atoms with Crippen LogP contribution in [0, 0.1) is 0 Å². The maximum Gasteiger partial charge on any atom is 0.189 e. The van der Waals surface area contributed by atoms with Gasteiger partial charge in [0.15, 0.2) is 12.5 Å². The summed E-state index contributed by atoms with van der Waals surface area (Å²) in [7, 11) is 0. The minimum atomic E-state index is -1.48. The van der Waals surface area contributed by atoms with Gasteiger partial charge < -0.3 is 19.3 Å². The third-order valence-electron chi connectivity index (χ3n) is 3.00. The van der Waals surface area contributed by atoms with Gasteiger partial charge in [0.25, 0.3) is 0 Å². The topological polar surface area (TPSA) is 47.9 Å². The minimum absolute atomic E-state index is 0.272. The fraction of sp³-hybridized carbons (Fsp3) is 1.00. The molecule has 1 heterocycles. The number of ether oxygens (including phenoxy) is 3. The molecule has 1 rings (SSSR count). The summed E-state index contributed by atoms with van der Waals surface area (Å²) in [6, 6.07) is 0. The van der Waals surface area contributed by atoms with Gasteiger partial charge in [-0.3, -0.25) is 0 Å². The molecule has 5 heteroatoms. The van der Waals surface area contributed by atoms with Crippen LogP contribution < -0.4 is 0 Å². The number of hydrogen-bond donors (Lipinski definition) is 1. The van der Waals surface area contributed by atoms with Gasteiger partial charge in [0.2, 0.25) is 0 Å². The van der Waals surface area contributed by atoms with Crippen LogP contribution >= 0.6 is 0 Å². The Hall–Kier alpha value is -0.230. The molecular weight excluding hydrogens is 239 g/mol. The van der Waals surface area contributed by atoms with E-state index in [1.165, 1.54) is 0 Å². The zero-order chi connectivity index (χ0) is 13.4. The van der Waals surface area contributed by atoms with Gasteiger partial charge >= 0.3 is 0 Å². The first-order valence-corrected chi connectivity index (χ1v) is 6.87. The number of rotatable bonds is 9. The van der Waals surface area contributed by atoms with Crippen molar-refractivity contribution in [2.45, 2.75) is 64.2 Å². The Morgan fingerprint density at radius 3 is 2.50 bits per heavy atom. The summed E-state index contributed by atoms with van der Waals surface area (Å²) in [5.74, 6) is 0. The molecule has 1 unspecified atom stereocenters. The van der Waals surface area contributed by atoms with Crippen molar-refractivity contribution in [1.82, 2.24) is 0 Å². The van der Waals surface area contributed by atoms with Gasteiger partial charge in [-0.2, -0.15) is 0 Å². The molecule has 0 aromatic heterocycles. The zero-order valence-electron chi connectivity index (χ0n) is 11.3. The fourth-order valence-corrected chi connectivity index (χ4v) is 1.84. The van der Waals surface area contributed by atoms with Crippen LogP contribution in [0.5, 0.6) is 0 Å². The molecule has 1 N–H and O–H groups in total. The Kier molecular flexibility index (Phi) is 7.74. The molecule has 0 aromatic carbocycles. The smallest absolute Gasteiger partial charge is 0.189 e. The van der Waals surface area contributed by atoms with Gasteiger partial charge in [-0.05, 0) is 12.8 Å². The Bertz CT molecular complexity index is 215. The maximum atomic E-state index is 13.7. The van der Waals surface area contributed by atoms with E-state index in [1.54, 1.807) is 0 Å². The van der Waals surface area contributed by atoms with Crippen molar-refractivity contribution in [3.63, 3.8) is 0 Å². The molecule has 108 valence electrons. The Labute approximate surface area is 108 Å². The fourth-order valence-electron chi connectivity index (χ4n) is 1.84. The van der Waals surface area contributed by atoms with Crippen molar-refractivity contribution >= 4 is 0 Å². The molecule has 0 saturated carbocycles. The van der Waals surface area contributed by atoms with Gasteiger partial charge in [0, 0.05) is 13.2 Å². The molecule has 4 atom stereocenters. The van der Waals surface area contributed by atoms with Gasteiger partial charge in [-0.1, -0.05) is 26.7 Å². The predicted molar refractivity (Wildman–Crippen MR) is 66.2 cm³/mol. The summed E-state index contributed by atoms with van der Waals surface area (Å²) in [5, 5.41) is 9.36. The molecule has 0 aromatic rings. The average Bonchev–Trinajstić information content (AvgIpc) is 2.63. The normalized spacial score (nSPS) is 32.0. The average molecular weight is 264 g/mol. The van der Waals surface area contributed by atoms with E-state index in [-0.39, 0.29) is 6.61 Å². The Morgan fingerprint density at radius 2 is 1.83 bits per heavy atom. The number of unbranched alkanes of at least 4 members (excludes halogenated alkanes) is 2. The van der Waals surface area contributed by atoms with Crippen LogP contribution in [0.2, 0.25) is 0 Å². The summed E-state index contributed by atoms with van der Waals surface area (Å²) in [4.78, 5) is 0. The lowest BCUT2D eigenvalue weighted by Crippen LogP contribution is -2.35. The van der Waals surface area contributed by atoms with Crippen molar-refractivity contribution < 1.29 is 23.7 Å². The molecule has 0 radical (unpaired) electrons. The van der Waals surface area contributed by atoms with Crippen molar-refractivity contribution in [1.29, 1.82) is 0 Å². The molecule has 0 amide bonds. The molecule has 1 saturated heterocycles. The molecule has 4 nitrogen and oxygen atoms in total. The van der Waals surface area contributed by atoms with E-state index in [4.69, 9.17) is 14.2 Å². The summed E-state index contributed by atoms with van der Waals surface area (Å²) in [6.07, 6.45) is -0.214. The van der Waals surface area contributed by atoms with Crippen LogP contribution in [0.1, 0.15) is 39.5 Å². The van der Waals surface area contributed by atoms with E-state index in [0.29, 0.717) is 13.2 Å². The quantitative estimate of drug-likeness (QED) is 0.647. The number of alkyl halides is 1. The molecular formula is C13H25FO4. The SMILES string of the molecule is CCCCOC[C@H]1O[C@@H](O)[C@@H](F)C1OCCCC. The highest BCUT2D eigenvalue weighted by molar-refractivity contribution is 4.87. The first kappa shape index (κ1) is 15.8. The summed E-state index contributed by atoms with van der Waals surface area (Å²) < 4.78 is 29.7. The highest BCUT2D eigenvalue weighted by Gasteiger charge is 2.45. The van der Waals surface area contributed by atoms with Gasteiger partial charge in [0.05, 0.1) is 6.61 Å². The van der Waals surface area contributed by atoms with E-state index < -0.39 is 24.7 Å². The highest BCUT2D eigenvalue weighted by atomic mass is 19.1. The van der Waals surface area contributed by atoms with Crippen LogP contribution in [0.4, 0.5) is 4.39 Å². The van der Waals surface area contributed by atoms with E-state index in [0.717, 1.165) is 25.7 Å². The van der Waals surface area contributed by atoms with Crippen LogP contribution in [0.15, 0.2) is 0 Å². The first-order valence-electron chi connectivity index (χ1n) is 6.87. The second kappa shape index (κ2) is 8.80. The van der Waals surface area contributed by atoms with Gasteiger partial charge in [-0.15, -0.1) is 0 Å². The number of hydrogen-bond acceptors (Lipinski definition) is 4.